The summed E-state index contributed by atoms with van der Waals surface area (Å²) in [5, 5.41) is 0. The molecule has 0 aliphatic carbocycles. The van der Waals surface area contributed by atoms with Crippen LogP contribution < -0.4 is 4.74 Å². The van der Waals surface area contributed by atoms with Gasteiger partial charge in [-0.1, -0.05) is 0 Å². The Bertz CT molecular complexity index is 371. The van der Waals surface area contributed by atoms with Crippen LogP contribution in [0.25, 0.3) is 0 Å². The second kappa shape index (κ2) is 5.02. The average Bonchev–Trinajstić information content (AvgIpc) is 2.26. The van der Waals surface area contributed by atoms with E-state index in [1.165, 1.54) is 7.11 Å². The maximum absolute atomic E-state index is 12.5. The summed E-state index contributed by atoms with van der Waals surface area (Å²) in [6.07, 6.45) is -1.51. The van der Waals surface area contributed by atoms with Crippen LogP contribution >= 0.6 is 11.6 Å². The fraction of sp³-hybridized carbons (Fsp3) is 0.333. The van der Waals surface area contributed by atoms with Crippen LogP contribution in [0, 0.1) is 0 Å². The molecule has 6 heteroatoms. The van der Waals surface area contributed by atoms with E-state index in [9.17, 15) is 13.6 Å². The van der Waals surface area contributed by atoms with Gasteiger partial charge in [0.2, 0.25) is 0 Å². The number of carbonyl (C=O) groups excluding carboxylic acids is 1. The van der Waals surface area contributed by atoms with Crippen LogP contribution in [0.1, 0.15) is 28.0 Å². The number of pyridine rings is 1. The average molecular weight is 236 g/mol. The molecule has 1 heterocycles. The first-order valence-corrected chi connectivity index (χ1v) is 4.54. The summed E-state index contributed by atoms with van der Waals surface area (Å²) in [5.74, 6) is 0.00543. The topological polar surface area (TPSA) is 39.2 Å². The molecule has 0 saturated carbocycles. The van der Waals surface area contributed by atoms with Crippen molar-refractivity contribution in [3.05, 3.63) is 23.0 Å². The number of ether oxygens (including phenoxy) is 1. The van der Waals surface area contributed by atoms with Gasteiger partial charge in [-0.3, -0.25) is 9.78 Å². The zero-order valence-corrected chi connectivity index (χ0v) is 8.59. The maximum atomic E-state index is 12.5. The molecule has 0 radical (unpaired) electrons. The van der Waals surface area contributed by atoms with Crippen LogP contribution in [0.15, 0.2) is 6.20 Å². The number of alkyl halides is 3. The second-order valence-corrected chi connectivity index (χ2v) is 2.93. The van der Waals surface area contributed by atoms with Gasteiger partial charge in [0.15, 0.2) is 12.0 Å². The van der Waals surface area contributed by atoms with Crippen molar-refractivity contribution in [1.29, 1.82) is 0 Å². The molecule has 0 aliphatic rings. The predicted octanol–water partition coefficient (Wildman–Crippen LogP) is 2.58. The molecule has 0 aliphatic heterocycles. The Kier molecular flexibility index (Phi) is 3.96. The molecule has 1 aromatic heterocycles. The quantitative estimate of drug-likeness (QED) is 0.595. The summed E-state index contributed by atoms with van der Waals surface area (Å²) in [6, 6.07) is 0. The highest BCUT2D eigenvalue weighted by Crippen LogP contribution is 2.30. The molecule has 0 fully saturated rings. The Morgan fingerprint density at radius 2 is 2.33 bits per heavy atom. The Morgan fingerprint density at radius 1 is 1.67 bits per heavy atom. The van der Waals surface area contributed by atoms with Crippen molar-refractivity contribution in [1.82, 2.24) is 4.98 Å². The number of rotatable bonds is 4. The minimum absolute atomic E-state index is 0.00642. The van der Waals surface area contributed by atoms with Gasteiger partial charge in [0.25, 0.3) is 6.43 Å². The first-order chi connectivity index (χ1) is 7.15. The van der Waals surface area contributed by atoms with Gasteiger partial charge in [0.1, 0.15) is 0 Å². The molecule has 0 saturated heterocycles. The summed E-state index contributed by atoms with van der Waals surface area (Å²) >= 11 is 5.53. The molecule has 0 aromatic carbocycles. The number of methoxy groups -OCH3 is 1. The summed E-state index contributed by atoms with van der Waals surface area (Å²) in [5.41, 5.74) is -0.375. The number of carbonyl (C=O) groups is 1. The molecule has 0 bridgehead atoms. The Balaban J connectivity index is 3.40. The molecular formula is C9H8ClF2NO2. The van der Waals surface area contributed by atoms with Crippen molar-refractivity contribution in [3.63, 3.8) is 0 Å². The van der Waals surface area contributed by atoms with Crippen LogP contribution in [0.2, 0.25) is 0 Å². The molecule has 0 amide bonds. The molecule has 3 nitrogen and oxygen atoms in total. The third-order valence-electron chi connectivity index (χ3n) is 1.86. The third-order valence-corrected chi connectivity index (χ3v) is 2.11. The van der Waals surface area contributed by atoms with Crippen LogP contribution in [-0.2, 0) is 5.88 Å². The van der Waals surface area contributed by atoms with E-state index in [0.717, 1.165) is 6.20 Å². The first kappa shape index (κ1) is 11.8. The lowest BCUT2D eigenvalue weighted by atomic mass is 10.1. The molecule has 0 unspecified atom stereocenters. The van der Waals surface area contributed by atoms with Gasteiger partial charge in [-0.15, -0.1) is 11.6 Å². The van der Waals surface area contributed by atoms with Gasteiger partial charge in [0, 0.05) is 6.20 Å². The van der Waals surface area contributed by atoms with Gasteiger partial charge in [-0.2, -0.15) is 0 Å². The summed E-state index contributed by atoms with van der Waals surface area (Å²) in [7, 11) is 1.27. The zero-order valence-electron chi connectivity index (χ0n) is 7.84. The highest BCUT2D eigenvalue weighted by molar-refractivity contribution is 6.17. The maximum Gasteiger partial charge on any atom is 0.266 e. The molecular weight excluding hydrogens is 228 g/mol. The lowest BCUT2D eigenvalue weighted by Crippen LogP contribution is -2.03. The van der Waals surface area contributed by atoms with Crippen molar-refractivity contribution in [2.75, 3.05) is 7.11 Å². The summed E-state index contributed by atoms with van der Waals surface area (Å²) in [4.78, 5) is 14.4. The molecule has 0 N–H and O–H groups in total. The van der Waals surface area contributed by atoms with E-state index in [1.54, 1.807) is 0 Å². The Morgan fingerprint density at radius 3 is 2.73 bits per heavy atom. The number of hydrogen-bond donors (Lipinski definition) is 0. The molecule has 0 atom stereocenters. The highest BCUT2D eigenvalue weighted by Gasteiger charge is 2.20. The molecule has 15 heavy (non-hydrogen) atoms. The fourth-order valence-electron chi connectivity index (χ4n) is 1.18. The Hall–Kier alpha value is -1.23. The largest absolute Gasteiger partial charge is 0.494 e. The number of aldehydes is 1. The van der Waals surface area contributed by atoms with E-state index >= 15 is 0 Å². The van der Waals surface area contributed by atoms with Crippen molar-refractivity contribution in [2.45, 2.75) is 12.3 Å². The Labute approximate surface area is 90.0 Å². The van der Waals surface area contributed by atoms with Crippen molar-refractivity contribution < 1.29 is 18.3 Å². The van der Waals surface area contributed by atoms with Crippen molar-refractivity contribution >= 4 is 17.9 Å². The van der Waals surface area contributed by atoms with Gasteiger partial charge in [-0.05, 0) is 0 Å². The normalized spacial score (nSPS) is 10.5. The lowest BCUT2D eigenvalue weighted by molar-refractivity contribution is 0.110. The minimum Gasteiger partial charge on any atom is -0.494 e. The van der Waals surface area contributed by atoms with Crippen LogP contribution in [-0.4, -0.2) is 18.4 Å². The van der Waals surface area contributed by atoms with E-state index in [0.29, 0.717) is 6.29 Å². The standard InChI is InChI=1S/C9H8ClF2NO2/c1-15-8-6(4-14)5(9(11)12)3-13-7(8)2-10/h3-4,9H,2H2,1H3. The van der Waals surface area contributed by atoms with Gasteiger partial charge in [-0.25, -0.2) is 8.78 Å². The molecule has 1 rings (SSSR count). The fourth-order valence-corrected chi connectivity index (χ4v) is 1.37. The SMILES string of the molecule is COc1c(CCl)ncc(C(F)F)c1C=O. The first-order valence-electron chi connectivity index (χ1n) is 4.00. The highest BCUT2D eigenvalue weighted by atomic mass is 35.5. The zero-order chi connectivity index (χ0) is 11.4. The van der Waals surface area contributed by atoms with E-state index in [4.69, 9.17) is 16.3 Å². The number of hydrogen-bond acceptors (Lipinski definition) is 3. The van der Waals surface area contributed by atoms with Crippen molar-refractivity contribution in [3.8, 4) is 5.75 Å². The third kappa shape index (κ3) is 2.23. The lowest BCUT2D eigenvalue weighted by Gasteiger charge is -2.11. The van der Waals surface area contributed by atoms with Gasteiger partial charge in [0.05, 0.1) is 29.8 Å². The second-order valence-electron chi connectivity index (χ2n) is 2.66. The van der Waals surface area contributed by atoms with Crippen LogP contribution in [0.5, 0.6) is 5.75 Å². The summed E-state index contributed by atoms with van der Waals surface area (Å²) < 4.78 is 29.8. The van der Waals surface area contributed by atoms with E-state index < -0.39 is 12.0 Å². The van der Waals surface area contributed by atoms with Crippen LogP contribution in [0.3, 0.4) is 0 Å². The number of aromatic nitrogens is 1. The van der Waals surface area contributed by atoms with E-state index in [2.05, 4.69) is 4.98 Å². The number of nitrogens with zero attached hydrogens (tertiary/aromatic N) is 1. The minimum atomic E-state index is -2.77. The van der Waals surface area contributed by atoms with E-state index in [-0.39, 0.29) is 22.9 Å². The van der Waals surface area contributed by atoms with E-state index in [1.807, 2.05) is 0 Å². The van der Waals surface area contributed by atoms with Gasteiger partial charge < -0.3 is 4.74 Å². The summed E-state index contributed by atoms with van der Waals surface area (Å²) in [6.45, 7) is 0. The molecule has 82 valence electrons. The predicted molar refractivity (Wildman–Crippen MR) is 50.7 cm³/mol. The number of halogens is 3. The van der Waals surface area contributed by atoms with Gasteiger partial charge >= 0.3 is 0 Å². The molecule has 0 spiro atoms. The van der Waals surface area contributed by atoms with Crippen LogP contribution in [0.4, 0.5) is 8.78 Å². The van der Waals surface area contributed by atoms with Crippen molar-refractivity contribution in [2.24, 2.45) is 0 Å². The molecule has 1 aromatic rings. The monoisotopic (exact) mass is 235 g/mol. The smallest absolute Gasteiger partial charge is 0.266 e.